The topological polar surface area (TPSA) is 105 Å². The SMILES string of the molecule is COC1=C(C)C(C2([N+](=O)[O-])C(=O)OC3(CCC(OC)CC3)C2=O)=C(Cl)CC1. The van der Waals surface area contributed by atoms with Gasteiger partial charge >= 0.3 is 11.5 Å². The number of Topliss-reactive ketones (excluding diaryl/α,β-unsaturated/α-hetero) is 1. The van der Waals surface area contributed by atoms with E-state index in [0.717, 1.165) is 0 Å². The molecule has 0 aromatic rings. The van der Waals surface area contributed by atoms with Crippen molar-refractivity contribution in [1.29, 1.82) is 0 Å². The summed E-state index contributed by atoms with van der Waals surface area (Å²) in [5, 5.41) is 12.3. The lowest BCUT2D eigenvalue weighted by molar-refractivity contribution is -0.524. The van der Waals surface area contributed by atoms with Gasteiger partial charge < -0.3 is 14.2 Å². The molecular weight excluding hydrogens is 378 g/mol. The lowest BCUT2D eigenvalue weighted by atomic mass is 9.71. The number of ether oxygens (including phenoxy) is 3. The van der Waals surface area contributed by atoms with E-state index in [1.807, 2.05) is 0 Å². The lowest BCUT2D eigenvalue weighted by Gasteiger charge is -2.33. The molecule has 0 radical (unpaired) electrons. The number of nitrogens with zero attached hydrogens (tertiary/aromatic N) is 1. The van der Waals surface area contributed by atoms with Crippen LogP contribution in [0.4, 0.5) is 0 Å². The van der Waals surface area contributed by atoms with Crippen LogP contribution in [0.3, 0.4) is 0 Å². The Balaban J connectivity index is 2.13. The van der Waals surface area contributed by atoms with Gasteiger partial charge in [0.2, 0.25) is 0 Å². The van der Waals surface area contributed by atoms with Crippen molar-refractivity contribution in [2.75, 3.05) is 14.2 Å². The van der Waals surface area contributed by atoms with Crippen molar-refractivity contribution < 1.29 is 28.7 Å². The highest BCUT2D eigenvalue weighted by Gasteiger charge is 2.76. The van der Waals surface area contributed by atoms with Crippen molar-refractivity contribution in [3.63, 3.8) is 0 Å². The zero-order valence-corrected chi connectivity index (χ0v) is 16.3. The number of rotatable bonds is 4. The number of esters is 1. The fraction of sp³-hybridized carbons (Fsp3) is 0.667. The maximum atomic E-state index is 13.5. The number of hydrogen-bond acceptors (Lipinski definition) is 7. The highest BCUT2D eigenvalue weighted by Crippen LogP contribution is 2.50. The Hall–Kier alpha value is -1.93. The Labute approximate surface area is 161 Å². The standard InChI is InChI=1S/C18H22ClNO7/c1-10-13(26-3)5-4-12(19)14(10)18(20(23)24)15(21)17(27-16(18)22)8-6-11(25-2)7-9-17/h11H,4-9H2,1-3H3. The van der Waals surface area contributed by atoms with Crippen molar-refractivity contribution in [3.8, 4) is 0 Å². The van der Waals surface area contributed by atoms with Crippen LogP contribution in [0.15, 0.2) is 21.9 Å². The summed E-state index contributed by atoms with van der Waals surface area (Å²) in [6, 6.07) is 0. The molecule has 2 fully saturated rings. The second-order valence-corrected chi connectivity index (χ2v) is 7.60. The summed E-state index contributed by atoms with van der Waals surface area (Å²) in [6.07, 6.45) is 1.98. The Morgan fingerprint density at radius 3 is 2.37 bits per heavy atom. The average molecular weight is 400 g/mol. The van der Waals surface area contributed by atoms with Crippen molar-refractivity contribution in [2.45, 2.75) is 62.7 Å². The predicted molar refractivity (Wildman–Crippen MR) is 94.6 cm³/mol. The van der Waals surface area contributed by atoms with E-state index in [0.29, 0.717) is 30.6 Å². The van der Waals surface area contributed by atoms with Crippen molar-refractivity contribution in [1.82, 2.24) is 0 Å². The van der Waals surface area contributed by atoms with E-state index >= 15 is 0 Å². The molecule has 1 heterocycles. The van der Waals surface area contributed by atoms with Gasteiger partial charge in [-0.3, -0.25) is 14.9 Å². The first-order chi connectivity index (χ1) is 12.7. The van der Waals surface area contributed by atoms with Crippen LogP contribution < -0.4 is 0 Å². The molecule has 1 aliphatic heterocycles. The molecule has 1 saturated heterocycles. The number of carbonyl (C=O) groups excluding carboxylic acids is 2. The summed E-state index contributed by atoms with van der Waals surface area (Å²) in [4.78, 5) is 37.7. The summed E-state index contributed by atoms with van der Waals surface area (Å²) < 4.78 is 16.0. The largest absolute Gasteiger partial charge is 0.501 e. The maximum Gasteiger partial charge on any atom is 0.404 e. The van der Waals surface area contributed by atoms with Crippen LogP contribution in [0.2, 0.25) is 0 Å². The smallest absolute Gasteiger partial charge is 0.404 e. The van der Waals surface area contributed by atoms with E-state index in [4.69, 9.17) is 25.8 Å². The zero-order chi connectivity index (χ0) is 20.0. The van der Waals surface area contributed by atoms with Gasteiger partial charge in [-0.25, -0.2) is 4.79 Å². The van der Waals surface area contributed by atoms with Crippen molar-refractivity contribution >= 4 is 23.4 Å². The molecule has 27 heavy (non-hydrogen) atoms. The van der Waals surface area contributed by atoms with Gasteiger partial charge in [0.15, 0.2) is 5.60 Å². The van der Waals surface area contributed by atoms with Gasteiger partial charge in [0, 0.05) is 18.6 Å². The minimum Gasteiger partial charge on any atom is -0.501 e. The van der Waals surface area contributed by atoms with Crippen LogP contribution in [0.1, 0.15) is 45.4 Å². The molecule has 1 atom stereocenters. The Kier molecular flexibility index (Phi) is 5.07. The minimum absolute atomic E-state index is 0.0630. The summed E-state index contributed by atoms with van der Waals surface area (Å²) in [5.41, 5.74) is -3.91. The van der Waals surface area contributed by atoms with Crippen molar-refractivity contribution in [2.24, 2.45) is 0 Å². The lowest BCUT2D eigenvalue weighted by Crippen LogP contribution is -2.55. The van der Waals surface area contributed by atoms with Crippen LogP contribution in [-0.2, 0) is 23.8 Å². The third-order valence-corrected chi connectivity index (χ3v) is 6.30. The van der Waals surface area contributed by atoms with Gasteiger partial charge in [0.1, 0.15) is 0 Å². The molecule has 0 N–H and O–H groups in total. The van der Waals surface area contributed by atoms with Gasteiger partial charge in [-0.05, 0) is 44.6 Å². The number of allylic oxidation sites excluding steroid dienone is 2. The molecule has 1 saturated carbocycles. The summed E-state index contributed by atoms with van der Waals surface area (Å²) in [7, 11) is 3.01. The number of ketones is 1. The fourth-order valence-electron chi connectivity index (χ4n) is 4.41. The van der Waals surface area contributed by atoms with E-state index in [1.54, 1.807) is 14.0 Å². The van der Waals surface area contributed by atoms with Gasteiger partial charge in [0.25, 0.3) is 5.78 Å². The number of methoxy groups -OCH3 is 2. The second-order valence-electron chi connectivity index (χ2n) is 7.15. The third-order valence-electron chi connectivity index (χ3n) is 5.92. The van der Waals surface area contributed by atoms with E-state index < -0.39 is 27.8 Å². The van der Waals surface area contributed by atoms with Gasteiger partial charge in [-0.15, -0.1) is 0 Å². The maximum absolute atomic E-state index is 13.5. The van der Waals surface area contributed by atoms with Crippen LogP contribution in [0, 0.1) is 10.1 Å². The Morgan fingerprint density at radius 2 is 1.85 bits per heavy atom. The molecule has 0 amide bonds. The van der Waals surface area contributed by atoms with E-state index in [-0.39, 0.29) is 36.0 Å². The third kappa shape index (κ3) is 2.69. The Bertz CT molecular complexity index is 764. The number of halogens is 1. The highest BCUT2D eigenvalue weighted by atomic mass is 35.5. The van der Waals surface area contributed by atoms with Gasteiger partial charge in [-0.2, -0.15) is 0 Å². The van der Waals surface area contributed by atoms with Crippen molar-refractivity contribution in [3.05, 3.63) is 32.1 Å². The molecule has 2 aliphatic carbocycles. The summed E-state index contributed by atoms with van der Waals surface area (Å²) >= 11 is 6.32. The van der Waals surface area contributed by atoms with Crippen LogP contribution in [0.5, 0.6) is 0 Å². The predicted octanol–water partition coefficient (Wildman–Crippen LogP) is 2.66. The first-order valence-corrected chi connectivity index (χ1v) is 9.21. The van der Waals surface area contributed by atoms with E-state index in [1.165, 1.54) is 7.11 Å². The second kappa shape index (κ2) is 6.91. The molecule has 3 aliphatic rings. The summed E-state index contributed by atoms with van der Waals surface area (Å²) in [5.74, 6) is -1.54. The molecule has 3 rings (SSSR count). The zero-order valence-electron chi connectivity index (χ0n) is 15.5. The minimum atomic E-state index is -2.65. The van der Waals surface area contributed by atoms with Gasteiger partial charge in [-0.1, -0.05) is 11.6 Å². The van der Waals surface area contributed by atoms with Crippen LogP contribution >= 0.6 is 11.6 Å². The molecule has 0 bridgehead atoms. The quantitative estimate of drug-likeness (QED) is 0.309. The fourth-order valence-corrected chi connectivity index (χ4v) is 4.78. The number of hydrogen-bond donors (Lipinski definition) is 0. The number of carbonyl (C=O) groups is 2. The molecule has 1 spiro atoms. The molecule has 148 valence electrons. The molecule has 1 unspecified atom stereocenters. The number of nitro groups is 1. The highest BCUT2D eigenvalue weighted by molar-refractivity contribution is 6.32. The van der Waals surface area contributed by atoms with Crippen LogP contribution in [0.25, 0.3) is 0 Å². The first kappa shape index (κ1) is 19.8. The molecule has 8 nitrogen and oxygen atoms in total. The Morgan fingerprint density at radius 1 is 1.22 bits per heavy atom. The van der Waals surface area contributed by atoms with E-state index in [9.17, 15) is 19.7 Å². The molecular formula is C18H22ClNO7. The summed E-state index contributed by atoms with van der Waals surface area (Å²) in [6.45, 7) is 1.58. The average Bonchev–Trinajstić information content (AvgIpc) is 2.84. The van der Waals surface area contributed by atoms with E-state index in [2.05, 4.69) is 0 Å². The molecule has 9 heteroatoms. The molecule has 0 aromatic heterocycles. The molecule has 0 aromatic carbocycles. The van der Waals surface area contributed by atoms with Gasteiger partial charge in [0.05, 0.1) is 29.5 Å². The first-order valence-electron chi connectivity index (χ1n) is 8.83. The monoisotopic (exact) mass is 399 g/mol. The normalized spacial score (nSPS) is 34.3. The van der Waals surface area contributed by atoms with Crippen LogP contribution in [-0.4, -0.2) is 48.1 Å².